The summed E-state index contributed by atoms with van der Waals surface area (Å²) in [6, 6.07) is 6.02. The van der Waals surface area contributed by atoms with Gasteiger partial charge in [0.15, 0.2) is 0 Å². The lowest BCUT2D eigenvalue weighted by Crippen LogP contribution is -2.50. The molecule has 0 aromatic heterocycles. The van der Waals surface area contributed by atoms with E-state index in [0.29, 0.717) is 23.6 Å². The largest absolute Gasteiger partial charge is 0.497 e. The van der Waals surface area contributed by atoms with Crippen LogP contribution in [0.3, 0.4) is 0 Å². The van der Waals surface area contributed by atoms with E-state index in [1.165, 1.54) is 12.0 Å². The van der Waals surface area contributed by atoms with Gasteiger partial charge in [0.05, 0.1) is 7.11 Å². The van der Waals surface area contributed by atoms with Crippen molar-refractivity contribution in [3.63, 3.8) is 0 Å². The van der Waals surface area contributed by atoms with Crippen LogP contribution < -0.4 is 4.74 Å². The fourth-order valence-corrected chi connectivity index (χ4v) is 3.01. The van der Waals surface area contributed by atoms with Gasteiger partial charge in [-0.2, -0.15) is 11.8 Å². The van der Waals surface area contributed by atoms with Crippen LogP contribution in [-0.4, -0.2) is 53.1 Å². The molecule has 1 atom stereocenters. The SMILES string of the molecule is COc1cccc(C(=O)N2CCSCC2C(=O)O)c1. The Morgan fingerprint density at radius 3 is 2.95 bits per heavy atom. The Labute approximate surface area is 115 Å². The molecule has 1 heterocycles. The van der Waals surface area contributed by atoms with Crippen LogP contribution in [0.25, 0.3) is 0 Å². The molecule has 0 aliphatic carbocycles. The van der Waals surface area contributed by atoms with E-state index in [2.05, 4.69) is 0 Å². The van der Waals surface area contributed by atoms with Gasteiger partial charge in [0.25, 0.3) is 5.91 Å². The topological polar surface area (TPSA) is 66.8 Å². The van der Waals surface area contributed by atoms with Crippen LogP contribution in [0.15, 0.2) is 24.3 Å². The van der Waals surface area contributed by atoms with E-state index in [4.69, 9.17) is 4.74 Å². The van der Waals surface area contributed by atoms with Gasteiger partial charge >= 0.3 is 5.97 Å². The number of amides is 1. The molecule has 1 aromatic carbocycles. The predicted molar refractivity (Wildman–Crippen MR) is 72.8 cm³/mol. The third kappa shape index (κ3) is 3.01. The standard InChI is InChI=1S/C13H15NO4S/c1-18-10-4-2-3-9(7-10)12(15)14-5-6-19-8-11(14)13(16)17/h2-4,7,11H,5-6,8H2,1H3,(H,16,17). The number of carbonyl (C=O) groups is 2. The number of ether oxygens (including phenoxy) is 1. The highest BCUT2D eigenvalue weighted by molar-refractivity contribution is 7.99. The van der Waals surface area contributed by atoms with Gasteiger partial charge < -0.3 is 14.7 Å². The summed E-state index contributed by atoms with van der Waals surface area (Å²) in [4.78, 5) is 25.0. The Balaban J connectivity index is 2.23. The summed E-state index contributed by atoms with van der Waals surface area (Å²) in [6.07, 6.45) is 0. The monoisotopic (exact) mass is 281 g/mol. The number of carboxylic acid groups (broad SMARTS) is 1. The average molecular weight is 281 g/mol. The molecule has 1 N–H and O–H groups in total. The van der Waals surface area contributed by atoms with Crippen LogP contribution in [0.4, 0.5) is 0 Å². The minimum atomic E-state index is -0.955. The maximum Gasteiger partial charge on any atom is 0.327 e. The second-order valence-corrected chi connectivity index (χ2v) is 5.31. The number of benzene rings is 1. The first-order valence-corrected chi connectivity index (χ1v) is 7.04. The molecule has 1 aromatic rings. The number of nitrogens with zero attached hydrogens (tertiary/aromatic N) is 1. The fraction of sp³-hybridized carbons (Fsp3) is 0.385. The molecule has 1 unspecified atom stereocenters. The van der Waals surface area contributed by atoms with Crippen LogP contribution in [0.5, 0.6) is 5.75 Å². The molecule has 0 spiro atoms. The number of hydrogen-bond donors (Lipinski definition) is 1. The van der Waals surface area contributed by atoms with Gasteiger partial charge in [-0.3, -0.25) is 4.79 Å². The Morgan fingerprint density at radius 2 is 2.26 bits per heavy atom. The zero-order valence-electron chi connectivity index (χ0n) is 10.5. The Morgan fingerprint density at radius 1 is 1.47 bits per heavy atom. The maximum atomic E-state index is 12.4. The molecular weight excluding hydrogens is 266 g/mol. The van der Waals surface area contributed by atoms with E-state index in [1.807, 2.05) is 0 Å². The lowest BCUT2D eigenvalue weighted by Gasteiger charge is -2.32. The zero-order chi connectivity index (χ0) is 13.8. The highest BCUT2D eigenvalue weighted by Gasteiger charge is 2.32. The van der Waals surface area contributed by atoms with Gasteiger partial charge in [-0.25, -0.2) is 4.79 Å². The summed E-state index contributed by atoms with van der Waals surface area (Å²) in [5, 5.41) is 9.17. The maximum absolute atomic E-state index is 12.4. The molecule has 1 amide bonds. The summed E-state index contributed by atoms with van der Waals surface area (Å²) in [7, 11) is 1.53. The van der Waals surface area contributed by atoms with Crippen LogP contribution in [0, 0.1) is 0 Å². The Bertz CT molecular complexity index is 491. The van der Waals surface area contributed by atoms with E-state index in [1.54, 1.807) is 36.0 Å². The summed E-state index contributed by atoms with van der Waals surface area (Å²) in [5.41, 5.74) is 0.456. The first-order valence-electron chi connectivity index (χ1n) is 5.89. The van der Waals surface area contributed by atoms with Gasteiger partial charge in [0.1, 0.15) is 11.8 Å². The number of methoxy groups -OCH3 is 1. The Kier molecular flexibility index (Phi) is 4.31. The van der Waals surface area contributed by atoms with Gasteiger partial charge in [-0.15, -0.1) is 0 Å². The van der Waals surface area contributed by atoms with Crippen molar-refractivity contribution in [2.24, 2.45) is 0 Å². The molecular formula is C13H15NO4S. The Hall–Kier alpha value is -1.69. The van der Waals surface area contributed by atoms with Crippen LogP contribution in [0.2, 0.25) is 0 Å². The number of carbonyl (C=O) groups excluding carboxylic acids is 1. The van der Waals surface area contributed by atoms with Crippen molar-refractivity contribution in [2.75, 3.05) is 25.2 Å². The molecule has 102 valence electrons. The molecule has 1 saturated heterocycles. The van der Waals surface area contributed by atoms with Crippen molar-refractivity contribution in [3.8, 4) is 5.75 Å². The van der Waals surface area contributed by atoms with Gasteiger partial charge in [0, 0.05) is 23.6 Å². The number of rotatable bonds is 3. The van der Waals surface area contributed by atoms with Crippen molar-refractivity contribution < 1.29 is 19.4 Å². The van der Waals surface area contributed by atoms with E-state index < -0.39 is 12.0 Å². The van der Waals surface area contributed by atoms with E-state index in [-0.39, 0.29) is 5.91 Å². The molecule has 0 radical (unpaired) electrons. The van der Waals surface area contributed by atoms with Gasteiger partial charge in [-0.1, -0.05) is 6.07 Å². The van der Waals surface area contributed by atoms with Crippen LogP contribution in [-0.2, 0) is 4.79 Å². The van der Waals surface area contributed by atoms with Crippen molar-refractivity contribution in [1.29, 1.82) is 0 Å². The highest BCUT2D eigenvalue weighted by Crippen LogP contribution is 2.21. The minimum absolute atomic E-state index is 0.258. The first-order chi connectivity index (χ1) is 9.13. The molecule has 1 aliphatic rings. The summed E-state index contributed by atoms with van der Waals surface area (Å²) < 4.78 is 5.08. The first kappa shape index (κ1) is 13.7. The van der Waals surface area contributed by atoms with Crippen molar-refractivity contribution in [2.45, 2.75) is 6.04 Å². The minimum Gasteiger partial charge on any atom is -0.497 e. The smallest absolute Gasteiger partial charge is 0.327 e. The average Bonchev–Trinajstić information content (AvgIpc) is 2.46. The van der Waals surface area contributed by atoms with Crippen molar-refractivity contribution >= 4 is 23.6 Å². The quantitative estimate of drug-likeness (QED) is 0.905. The van der Waals surface area contributed by atoms with Crippen LogP contribution >= 0.6 is 11.8 Å². The number of aliphatic carboxylic acids is 1. The number of carboxylic acids is 1. The third-order valence-electron chi connectivity index (χ3n) is 2.99. The summed E-state index contributed by atoms with van der Waals surface area (Å²) in [6.45, 7) is 0.456. The zero-order valence-corrected chi connectivity index (χ0v) is 11.4. The molecule has 0 bridgehead atoms. The van der Waals surface area contributed by atoms with Gasteiger partial charge in [0.2, 0.25) is 0 Å². The molecule has 2 rings (SSSR count). The third-order valence-corrected chi connectivity index (χ3v) is 4.01. The van der Waals surface area contributed by atoms with Crippen LogP contribution in [0.1, 0.15) is 10.4 Å². The summed E-state index contributed by atoms with van der Waals surface area (Å²) in [5.74, 6) is 0.573. The number of hydrogen-bond acceptors (Lipinski definition) is 4. The molecule has 1 fully saturated rings. The fourth-order valence-electron chi connectivity index (χ4n) is 1.97. The molecule has 0 saturated carbocycles. The van der Waals surface area contributed by atoms with Crippen molar-refractivity contribution in [1.82, 2.24) is 4.90 Å². The molecule has 19 heavy (non-hydrogen) atoms. The highest BCUT2D eigenvalue weighted by atomic mass is 32.2. The second-order valence-electron chi connectivity index (χ2n) is 4.16. The van der Waals surface area contributed by atoms with Gasteiger partial charge in [-0.05, 0) is 18.2 Å². The molecule has 1 aliphatic heterocycles. The second kappa shape index (κ2) is 5.97. The van der Waals surface area contributed by atoms with E-state index >= 15 is 0 Å². The lowest BCUT2D eigenvalue weighted by atomic mass is 10.1. The summed E-state index contributed by atoms with van der Waals surface area (Å²) >= 11 is 1.56. The lowest BCUT2D eigenvalue weighted by molar-refractivity contribution is -0.141. The number of thioether (sulfide) groups is 1. The van der Waals surface area contributed by atoms with E-state index in [9.17, 15) is 14.7 Å². The molecule has 5 nitrogen and oxygen atoms in total. The normalized spacial score (nSPS) is 19.0. The van der Waals surface area contributed by atoms with Crippen molar-refractivity contribution in [3.05, 3.63) is 29.8 Å². The predicted octanol–water partition coefficient (Wildman–Crippen LogP) is 1.34. The van der Waals surface area contributed by atoms with E-state index in [0.717, 1.165) is 5.75 Å². The molecule has 6 heteroatoms.